The number of para-hydroxylation sites is 2. The maximum Gasteiger partial charge on any atom is 0.258 e. The summed E-state index contributed by atoms with van der Waals surface area (Å²) in [4.78, 5) is 28.3. The molecule has 0 aliphatic carbocycles. The SMILES string of the molecule is Cc1ccc(C(=O)NCC(=O)Nn2cnc3ccccc32)cc1C. The molecule has 3 rings (SSSR count). The predicted molar refractivity (Wildman–Crippen MR) is 92.3 cm³/mol. The van der Waals surface area contributed by atoms with Crippen LogP contribution in [0.4, 0.5) is 0 Å². The van der Waals surface area contributed by atoms with Crippen molar-refractivity contribution in [1.29, 1.82) is 0 Å². The third-order valence-electron chi connectivity index (χ3n) is 3.88. The number of aromatic nitrogens is 2. The molecular formula is C18H18N4O2. The van der Waals surface area contributed by atoms with E-state index in [0.717, 1.165) is 22.2 Å². The van der Waals surface area contributed by atoms with Crippen LogP contribution in [0.2, 0.25) is 0 Å². The first kappa shape index (κ1) is 15.7. The highest BCUT2D eigenvalue weighted by atomic mass is 16.2. The highest BCUT2D eigenvalue weighted by Crippen LogP contribution is 2.10. The first-order chi connectivity index (χ1) is 11.5. The van der Waals surface area contributed by atoms with E-state index in [-0.39, 0.29) is 18.4 Å². The van der Waals surface area contributed by atoms with Crippen LogP contribution in [-0.2, 0) is 4.79 Å². The van der Waals surface area contributed by atoms with Crippen LogP contribution in [-0.4, -0.2) is 28.0 Å². The maximum absolute atomic E-state index is 12.1. The Morgan fingerprint density at radius 2 is 1.88 bits per heavy atom. The lowest BCUT2D eigenvalue weighted by Crippen LogP contribution is -2.35. The van der Waals surface area contributed by atoms with E-state index in [9.17, 15) is 9.59 Å². The quantitative estimate of drug-likeness (QED) is 0.773. The molecule has 6 heteroatoms. The minimum atomic E-state index is -0.324. The summed E-state index contributed by atoms with van der Waals surface area (Å²) in [6.07, 6.45) is 1.54. The molecule has 122 valence electrons. The highest BCUT2D eigenvalue weighted by molar-refractivity contribution is 5.98. The van der Waals surface area contributed by atoms with E-state index in [0.29, 0.717) is 5.56 Å². The van der Waals surface area contributed by atoms with E-state index in [2.05, 4.69) is 15.7 Å². The van der Waals surface area contributed by atoms with Gasteiger partial charge in [-0.25, -0.2) is 9.66 Å². The number of nitrogens with zero attached hydrogens (tertiary/aromatic N) is 2. The van der Waals surface area contributed by atoms with Crippen molar-refractivity contribution in [2.24, 2.45) is 0 Å². The normalized spacial score (nSPS) is 10.6. The molecule has 0 saturated heterocycles. The van der Waals surface area contributed by atoms with E-state index in [1.807, 2.05) is 50.2 Å². The molecule has 2 aromatic carbocycles. The molecule has 0 aliphatic rings. The molecule has 3 aromatic rings. The zero-order chi connectivity index (χ0) is 17.1. The Hall–Kier alpha value is -3.15. The van der Waals surface area contributed by atoms with Crippen LogP contribution in [0.25, 0.3) is 11.0 Å². The summed E-state index contributed by atoms with van der Waals surface area (Å²) in [5.41, 5.74) is 6.98. The summed E-state index contributed by atoms with van der Waals surface area (Å²) in [6, 6.07) is 12.9. The molecule has 1 heterocycles. The molecule has 2 N–H and O–H groups in total. The molecule has 0 saturated carbocycles. The van der Waals surface area contributed by atoms with Crippen LogP contribution in [0.15, 0.2) is 48.8 Å². The Morgan fingerprint density at radius 3 is 2.67 bits per heavy atom. The van der Waals surface area contributed by atoms with E-state index in [1.165, 1.54) is 6.33 Å². The standard InChI is InChI=1S/C18H18N4O2/c1-12-7-8-14(9-13(12)2)18(24)19-10-17(23)21-22-11-20-15-5-3-4-6-16(15)22/h3-9,11H,10H2,1-2H3,(H,19,24)(H,21,23). The van der Waals surface area contributed by atoms with E-state index < -0.39 is 0 Å². The molecule has 0 radical (unpaired) electrons. The maximum atomic E-state index is 12.1. The molecular weight excluding hydrogens is 304 g/mol. The van der Waals surface area contributed by atoms with Crippen LogP contribution >= 0.6 is 0 Å². The number of rotatable bonds is 4. The predicted octanol–water partition coefficient (Wildman–Crippen LogP) is 2.15. The molecule has 0 atom stereocenters. The molecule has 0 unspecified atom stereocenters. The minimum Gasteiger partial charge on any atom is -0.343 e. The lowest BCUT2D eigenvalue weighted by atomic mass is 10.1. The number of carbonyl (C=O) groups is 2. The number of hydrogen-bond donors (Lipinski definition) is 2. The fraction of sp³-hybridized carbons (Fsp3) is 0.167. The molecule has 1 aromatic heterocycles. The number of hydrogen-bond acceptors (Lipinski definition) is 3. The van der Waals surface area contributed by atoms with Gasteiger partial charge in [-0.1, -0.05) is 18.2 Å². The van der Waals surface area contributed by atoms with E-state index >= 15 is 0 Å². The fourth-order valence-corrected chi connectivity index (χ4v) is 2.37. The van der Waals surface area contributed by atoms with Crippen molar-refractivity contribution in [1.82, 2.24) is 15.0 Å². The largest absolute Gasteiger partial charge is 0.343 e. The second kappa shape index (κ2) is 6.54. The average Bonchev–Trinajstić information content (AvgIpc) is 2.98. The summed E-state index contributed by atoms with van der Waals surface area (Å²) in [5, 5.41) is 2.62. The number of fused-ring (bicyclic) bond motifs is 1. The van der Waals surface area contributed by atoms with Crippen molar-refractivity contribution in [2.75, 3.05) is 12.0 Å². The van der Waals surface area contributed by atoms with Crippen molar-refractivity contribution in [3.8, 4) is 0 Å². The van der Waals surface area contributed by atoms with Gasteiger partial charge in [-0.3, -0.25) is 15.0 Å². The molecule has 2 amide bonds. The van der Waals surface area contributed by atoms with Gasteiger partial charge >= 0.3 is 0 Å². The topological polar surface area (TPSA) is 76.0 Å². The monoisotopic (exact) mass is 322 g/mol. The smallest absolute Gasteiger partial charge is 0.258 e. The molecule has 0 fully saturated rings. The molecule has 0 bridgehead atoms. The van der Waals surface area contributed by atoms with Crippen LogP contribution in [0, 0.1) is 13.8 Å². The lowest BCUT2D eigenvalue weighted by Gasteiger charge is -2.09. The lowest BCUT2D eigenvalue weighted by molar-refractivity contribution is -0.116. The summed E-state index contributed by atoms with van der Waals surface area (Å²) in [5.74, 6) is -0.598. The molecule has 0 spiro atoms. The molecule has 0 aliphatic heterocycles. The van der Waals surface area contributed by atoms with Gasteiger partial charge in [-0.15, -0.1) is 0 Å². The Balaban J connectivity index is 1.61. The van der Waals surface area contributed by atoms with Gasteiger partial charge in [0.2, 0.25) is 0 Å². The zero-order valence-electron chi connectivity index (χ0n) is 13.5. The summed E-state index contributed by atoms with van der Waals surface area (Å²) < 4.78 is 1.54. The number of imidazole rings is 1. The van der Waals surface area contributed by atoms with Crippen molar-refractivity contribution >= 4 is 22.8 Å². The van der Waals surface area contributed by atoms with Gasteiger partial charge in [-0.05, 0) is 49.2 Å². The summed E-state index contributed by atoms with van der Waals surface area (Å²) >= 11 is 0. The Labute approximate surface area is 139 Å². The molecule has 6 nitrogen and oxygen atoms in total. The van der Waals surface area contributed by atoms with E-state index in [1.54, 1.807) is 10.7 Å². The highest BCUT2D eigenvalue weighted by Gasteiger charge is 2.10. The average molecular weight is 322 g/mol. The number of carbonyl (C=O) groups excluding carboxylic acids is 2. The molecule has 24 heavy (non-hydrogen) atoms. The van der Waals surface area contributed by atoms with Gasteiger partial charge in [0, 0.05) is 5.56 Å². The Kier molecular flexibility index (Phi) is 4.29. The van der Waals surface area contributed by atoms with Gasteiger partial charge in [-0.2, -0.15) is 0 Å². The number of benzene rings is 2. The van der Waals surface area contributed by atoms with Gasteiger partial charge in [0.05, 0.1) is 17.6 Å². The van der Waals surface area contributed by atoms with Crippen molar-refractivity contribution in [3.05, 3.63) is 65.5 Å². The number of amides is 2. The first-order valence-electron chi connectivity index (χ1n) is 7.62. The van der Waals surface area contributed by atoms with Gasteiger partial charge in [0.1, 0.15) is 6.33 Å². The van der Waals surface area contributed by atoms with Crippen molar-refractivity contribution in [3.63, 3.8) is 0 Å². The zero-order valence-corrected chi connectivity index (χ0v) is 13.5. The van der Waals surface area contributed by atoms with E-state index in [4.69, 9.17) is 0 Å². The van der Waals surface area contributed by atoms with Crippen molar-refractivity contribution < 1.29 is 9.59 Å². The minimum absolute atomic E-state index is 0.113. The summed E-state index contributed by atoms with van der Waals surface area (Å²) in [6.45, 7) is 3.82. The van der Waals surface area contributed by atoms with Crippen molar-refractivity contribution in [2.45, 2.75) is 13.8 Å². The summed E-state index contributed by atoms with van der Waals surface area (Å²) in [7, 11) is 0. The second-order valence-electron chi connectivity index (χ2n) is 5.62. The van der Waals surface area contributed by atoms with Crippen LogP contribution in [0.5, 0.6) is 0 Å². The third kappa shape index (κ3) is 3.27. The van der Waals surface area contributed by atoms with Gasteiger partial charge < -0.3 is 5.32 Å². The fourth-order valence-electron chi connectivity index (χ4n) is 2.37. The van der Waals surface area contributed by atoms with Gasteiger partial charge in [0.15, 0.2) is 0 Å². The van der Waals surface area contributed by atoms with Gasteiger partial charge in [0.25, 0.3) is 11.8 Å². The first-order valence-corrected chi connectivity index (χ1v) is 7.62. The number of nitrogens with one attached hydrogen (secondary N) is 2. The van der Waals surface area contributed by atoms with Crippen LogP contribution in [0.1, 0.15) is 21.5 Å². The Morgan fingerprint density at radius 1 is 1.08 bits per heavy atom. The van der Waals surface area contributed by atoms with Crippen LogP contribution < -0.4 is 10.7 Å². The number of aryl methyl sites for hydroxylation is 2. The van der Waals surface area contributed by atoms with Crippen LogP contribution in [0.3, 0.4) is 0 Å². The second-order valence-corrected chi connectivity index (χ2v) is 5.62. The Bertz CT molecular complexity index is 914. The third-order valence-corrected chi connectivity index (χ3v) is 3.88.